The van der Waals surface area contributed by atoms with Gasteiger partial charge in [0.2, 0.25) is 0 Å². The highest BCUT2D eigenvalue weighted by molar-refractivity contribution is 5.95. The second-order valence-electron chi connectivity index (χ2n) is 6.99. The van der Waals surface area contributed by atoms with E-state index in [1.807, 2.05) is 36.4 Å². The van der Waals surface area contributed by atoms with Crippen LogP contribution in [0.2, 0.25) is 0 Å². The molecular weight excluding hydrogens is 362 g/mol. The van der Waals surface area contributed by atoms with Crippen LogP contribution in [0.5, 0.6) is 0 Å². The van der Waals surface area contributed by atoms with E-state index >= 15 is 0 Å². The molecule has 3 aromatic rings. The van der Waals surface area contributed by atoms with Crippen molar-refractivity contribution in [2.45, 2.75) is 6.42 Å². The summed E-state index contributed by atoms with van der Waals surface area (Å²) in [6.45, 7) is 3.72. The van der Waals surface area contributed by atoms with Crippen molar-refractivity contribution in [3.05, 3.63) is 83.9 Å². The Bertz CT molecular complexity index is 1000. The average molecular weight is 383 g/mol. The molecule has 2 aromatic carbocycles. The van der Waals surface area contributed by atoms with Crippen molar-refractivity contribution in [2.24, 2.45) is 0 Å². The molecule has 2 heterocycles. The number of aromatic nitrogens is 2. The summed E-state index contributed by atoms with van der Waals surface area (Å²) in [4.78, 5) is 24.8. The molecule has 0 spiro atoms. The van der Waals surface area contributed by atoms with Crippen LogP contribution in [0.4, 0.5) is 11.4 Å². The molecule has 0 bridgehead atoms. The maximum absolute atomic E-state index is 12.3. The van der Waals surface area contributed by atoms with Gasteiger partial charge in [-0.05, 0) is 48.0 Å². The molecule has 0 amide bonds. The van der Waals surface area contributed by atoms with Gasteiger partial charge < -0.3 is 9.80 Å². The van der Waals surface area contributed by atoms with Gasteiger partial charge in [-0.1, -0.05) is 12.1 Å². The van der Waals surface area contributed by atoms with Crippen molar-refractivity contribution < 1.29 is 4.79 Å². The lowest BCUT2D eigenvalue weighted by molar-refractivity contribution is 0.0988. The minimum Gasteiger partial charge on any atom is -0.368 e. The van der Waals surface area contributed by atoms with E-state index in [-0.39, 0.29) is 5.78 Å². The Kier molecular flexibility index (Phi) is 5.48. The molecule has 1 aromatic heterocycles. The topological polar surface area (TPSA) is 73.1 Å². The standard InChI is InChI=1S/C23H21N5O/c24-16-19-3-7-21(8-4-19)28-13-11-27(12-14-28)20-5-1-18(2-6-20)15-23(29)22-9-10-25-17-26-22/h1-10,17H,11-15H2. The number of hydrogen-bond acceptors (Lipinski definition) is 6. The van der Waals surface area contributed by atoms with Crippen LogP contribution in [-0.4, -0.2) is 41.9 Å². The van der Waals surface area contributed by atoms with E-state index in [0.29, 0.717) is 17.7 Å². The van der Waals surface area contributed by atoms with Crippen LogP contribution in [0.1, 0.15) is 21.6 Å². The third kappa shape index (κ3) is 4.41. The smallest absolute Gasteiger partial charge is 0.185 e. The molecule has 0 unspecified atom stereocenters. The number of nitriles is 1. The van der Waals surface area contributed by atoms with Crippen molar-refractivity contribution >= 4 is 17.2 Å². The maximum atomic E-state index is 12.3. The van der Waals surface area contributed by atoms with E-state index in [2.05, 4.69) is 38.0 Å². The van der Waals surface area contributed by atoms with Gasteiger partial charge >= 0.3 is 0 Å². The van der Waals surface area contributed by atoms with Crippen LogP contribution in [0.3, 0.4) is 0 Å². The van der Waals surface area contributed by atoms with Crippen molar-refractivity contribution in [2.75, 3.05) is 36.0 Å². The van der Waals surface area contributed by atoms with Gasteiger partial charge in [0.1, 0.15) is 12.0 Å². The second kappa shape index (κ2) is 8.53. The largest absolute Gasteiger partial charge is 0.368 e. The molecule has 1 aliphatic heterocycles. The predicted molar refractivity (Wildman–Crippen MR) is 112 cm³/mol. The van der Waals surface area contributed by atoms with Gasteiger partial charge in [0.25, 0.3) is 0 Å². The number of anilines is 2. The molecule has 144 valence electrons. The summed E-state index contributed by atoms with van der Waals surface area (Å²) in [6, 6.07) is 19.7. The lowest BCUT2D eigenvalue weighted by Crippen LogP contribution is -2.46. The second-order valence-corrected chi connectivity index (χ2v) is 6.99. The molecule has 4 rings (SSSR count). The van der Waals surface area contributed by atoms with Crippen molar-refractivity contribution in [3.63, 3.8) is 0 Å². The minimum atomic E-state index is -0.00354. The summed E-state index contributed by atoms with van der Waals surface area (Å²) in [7, 11) is 0. The zero-order chi connectivity index (χ0) is 20.1. The van der Waals surface area contributed by atoms with E-state index in [0.717, 1.165) is 37.4 Å². The first kappa shape index (κ1) is 18.6. The normalized spacial score (nSPS) is 13.8. The molecule has 0 atom stereocenters. The summed E-state index contributed by atoms with van der Waals surface area (Å²) in [5.74, 6) is -0.00354. The molecule has 1 aliphatic rings. The number of piperazine rings is 1. The Labute approximate surface area is 170 Å². The van der Waals surface area contributed by atoms with Gasteiger partial charge in [-0.2, -0.15) is 5.26 Å². The third-order valence-electron chi connectivity index (χ3n) is 5.18. The van der Waals surface area contributed by atoms with Gasteiger partial charge in [-0.15, -0.1) is 0 Å². The van der Waals surface area contributed by atoms with Crippen LogP contribution >= 0.6 is 0 Å². The molecule has 6 heteroatoms. The summed E-state index contributed by atoms with van der Waals surface area (Å²) < 4.78 is 0. The van der Waals surface area contributed by atoms with Crippen molar-refractivity contribution in [3.8, 4) is 6.07 Å². The van der Waals surface area contributed by atoms with Crippen LogP contribution < -0.4 is 9.80 Å². The SMILES string of the molecule is N#Cc1ccc(N2CCN(c3ccc(CC(=O)c4ccncn4)cc3)CC2)cc1. The van der Waals surface area contributed by atoms with Gasteiger partial charge in [0.15, 0.2) is 5.78 Å². The van der Waals surface area contributed by atoms with Crippen LogP contribution in [0.15, 0.2) is 67.1 Å². The summed E-state index contributed by atoms with van der Waals surface area (Å²) >= 11 is 0. The van der Waals surface area contributed by atoms with Crippen molar-refractivity contribution in [1.29, 1.82) is 5.26 Å². The zero-order valence-corrected chi connectivity index (χ0v) is 16.0. The first-order valence-electron chi connectivity index (χ1n) is 9.61. The third-order valence-corrected chi connectivity index (χ3v) is 5.18. The van der Waals surface area contributed by atoms with Gasteiger partial charge in [0, 0.05) is 50.2 Å². The van der Waals surface area contributed by atoms with Crippen LogP contribution in [0, 0.1) is 11.3 Å². The molecule has 0 saturated carbocycles. The fraction of sp³-hybridized carbons (Fsp3) is 0.217. The highest BCUT2D eigenvalue weighted by Gasteiger charge is 2.18. The van der Waals surface area contributed by atoms with Gasteiger partial charge in [-0.3, -0.25) is 4.79 Å². The van der Waals surface area contributed by atoms with E-state index in [4.69, 9.17) is 5.26 Å². The van der Waals surface area contributed by atoms with E-state index in [1.54, 1.807) is 12.3 Å². The Morgan fingerprint density at radius 3 is 2.00 bits per heavy atom. The average Bonchev–Trinajstić information content (AvgIpc) is 2.80. The molecule has 29 heavy (non-hydrogen) atoms. The Morgan fingerprint density at radius 2 is 1.48 bits per heavy atom. The van der Waals surface area contributed by atoms with Gasteiger partial charge in [0.05, 0.1) is 11.6 Å². The number of carbonyl (C=O) groups excluding carboxylic acids is 1. The minimum absolute atomic E-state index is 0.00354. The number of rotatable bonds is 5. The molecule has 1 fully saturated rings. The predicted octanol–water partition coefficient (Wildman–Crippen LogP) is 3.10. The number of carbonyl (C=O) groups is 1. The Morgan fingerprint density at radius 1 is 0.897 bits per heavy atom. The lowest BCUT2D eigenvalue weighted by Gasteiger charge is -2.37. The lowest BCUT2D eigenvalue weighted by atomic mass is 10.1. The van der Waals surface area contributed by atoms with Crippen molar-refractivity contribution in [1.82, 2.24) is 9.97 Å². The molecule has 0 N–H and O–H groups in total. The molecule has 6 nitrogen and oxygen atoms in total. The van der Waals surface area contributed by atoms with Gasteiger partial charge in [-0.25, -0.2) is 9.97 Å². The summed E-state index contributed by atoms with van der Waals surface area (Å²) in [5.41, 5.74) is 4.44. The summed E-state index contributed by atoms with van der Waals surface area (Å²) in [6.07, 6.45) is 3.32. The van der Waals surface area contributed by atoms with Crippen LogP contribution in [0.25, 0.3) is 0 Å². The molecule has 0 radical (unpaired) electrons. The zero-order valence-electron chi connectivity index (χ0n) is 16.0. The number of ketones is 1. The quantitative estimate of drug-likeness (QED) is 0.631. The fourth-order valence-corrected chi connectivity index (χ4v) is 3.53. The highest BCUT2D eigenvalue weighted by Crippen LogP contribution is 2.21. The monoisotopic (exact) mass is 383 g/mol. The molecule has 1 saturated heterocycles. The maximum Gasteiger partial charge on any atom is 0.185 e. The molecular formula is C23H21N5O. The molecule has 0 aliphatic carbocycles. The number of Topliss-reactive ketones (excluding diaryl/α,β-unsaturated/α-hetero) is 1. The number of nitrogens with zero attached hydrogens (tertiary/aromatic N) is 5. The van der Waals surface area contributed by atoms with E-state index in [9.17, 15) is 4.79 Å². The fourth-order valence-electron chi connectivity index (χ4n) is 3.53. The highest BCUT2D eigenvalue weighted by atomic mass is 16.1. The Hall–Kier alpha value is -3.72. The number of benzene rings is 2. The first-order chi connectivity index (χ1) is 14.2. The van der Waals surface area contributed by atoms with E-state index < -0.39 is 0 Å². The number of hydrogen-bond donors (Lipinski definition) is 0. The Balaban J connectivity index is 1.34. The van der Waals surface area contributed by atoms with E-state index in [1.165, 1.54) is 12.0 Å². The van der Waals surface area contributed by atoms with Crippen LogP contribution in [-0.2, 0) is 6.42 Å². The summed E-state index contributed by atoms with van der Waals surface area (Å²) in [5, 5.41) is 8.93. The first-order valence-corrected chi connectivity index (χ1v) is 9.61.